The number of anilines is 1. The second kappa shape index (κ2) is 10.3. The molecule has 0 bridgehead atoms. The van der Waals surface area contributed by atoms with Crippen molar-refractivity contribution in [2.24, 2.45) is 5.92 Å². The minimum atomic E-state index is -2.64. The van der Waals surface area contributed by atoms with E-state index < -0.39 is 28.0 Å². The molecule has 0 heterocycles. The highest BCUT2D eigenvalue weighted by Crippen LogP contribution is 2.65. The van der Waals surface area contributed by atoms with Crippen molar-refractivity contribution < 1.29 is 18.4 Å². The van der Waals surface area contributed by atoms with Crippen LogP contribution in [0.15, 0.2) is 36.4 Å². The average Bonchev–Trinajstić information content (AvgIpc) is 3.35. The summed E-state index contributed by atoms with van der Waals surface area (Å²) in [4.78, 5) is 25.7. The van der Waals surface area contributed by atoms with Gasteiger partial charge in [-0.2, -0.15) is 0 Å². The number of benzene rings is 2. The summed E-state index contributed by atoms with van der Waals surface area (Å²) < 4.78 is 25.3. The molecule has 1 amide bonds. The van der Waals surface area contributed by atoms with Crippen LogP contribution in [-0.2, 0) is 4.79 Å². The molecule has 0 saturated heterocycles. The molecular weight excluding hydrogens is 564 g/mol. The third-order valence-corrected chi connectivity index (χ3v) is 8.09. The number of rotatable bonds is 7. The fourth-order valence-corrected chi connectivity index (χ4v) is 6.03. The standard InChI is InChI=1S/C24H21Cl5F2N2O2/c25-13-7-12(8-14(26)9-13)20-21(24(20,28)29)22(35)33-16-1-2-18(27)17(10-16)19(34)11-32-15-3-5-23(30,31)6-4-15/h1-2,7-10,15,20-21,32H,3-6,11H2,(H,33,35). The lowest BCUT2D eigenvalue weighted by molar-refractivity contribution is -0.117. The van der Waals surface area contributed by atoms with Crippen LogP contribution in [0.1, 0.15) is 47.5 Å². The summed E-state index contributed by atoms with van der Waals surface area (Å²) >= 11 is 31.1. The summed E-state index contributed by atoms with van der Waals surface area (Å²) in [6, 6.07) is 9.25. The maximum Gasteiger partial charge on any atom is 0.248 e. The number of Topliss-reactive ketones (excluding diaryl/α,β-unsaturated/α-hetero) is 1. The van der Waals surface area contributed by atoms with Crippen LogP contribution in [0.25, 0.3) is 0 Å². The minimum Gasteiger partial charge on any atom is -0.326 e. The molecule has 4 rings (SSSR count). The van der Waals surface area contributed by atoms with Crippen LogP contribution in [0, 0.1) is 5.92 Å². The van der Waals surface area contributed by atoms with Gasteiger partial charge in [-0.3, -0.25) is 9.59 Å². The van der Waals surface area contributed by atoms with Gasteiger partial charge in [0.2, 0.25) is 11.8 Å². The molecule has 2 aliphatic rings. The van der Waals surface area contributed by atoms with Gasteiger partial charge in [0.05, 0.1) is 17.5 Å². The molecule has 0 radical (unpaired) electrons. The van der Waals surface area contributed by atoms with Gasteiger partial charge in [-0.1, -0.05) is 34.8 Å². The molecule has 2 N–H and O–H groups in total. The highest BCUT2D eigenvalue weighted by Gasteiger charge is 2.67. The predicted molar refractivity (Wildman–Crippen MR) is 137 cm³/mol. The Morgan fingerprint density at radius 3 is 2.23 bits per heavy atom. The van der Waals surface area contributed by atoms with Gasteiger partial charge in [0.15, 0.2) is 5.78 Å². The van der Waals surface area contributed by atoms with Gasteiger partial charge in [-0.25, -0.2) is 8.78 Å². The summed E-state index contributed by atoms with van der Waals surface area (Å²) in [5.41, 5.74) is 1.19. The normalized spacial score (nSPS) is 23.1. The maximum absolute atomic E-state index is 13.3. The molecule has 2 aliphatic carbocycles. The molecule has 2 aromatic rings. The molecule has 4 nitrogen and oxygen atoms in total. The zero-order valence-corrected chi connectivity index (χ0v) is 22.0. The van der Waals surface area contributed by atoms with Crippen molar-refractivity contribution in [3.8, 4) is 0 Å². The molecule has 188 valence electrons. The third kappa shape index (κ3) is 6.23. The van der Waals surface area contributed by atoms with Crippen molar-refractivity contribution >= 4 is 75.4 Å². The van der Waals surface area contributed by atoms with Crippen LogP contribution >= 0.6 is 58.0 Å². The van der Waals surface area contributed by atoms with E-state index in [4.69, 9.17) is 58.0 Å². The first-order valence-corrected chi connectivity index (χ1v) is 12.8. The lowest BCUT2D eigenvalue weighted by Gasteiger charge is -2.28. The Labute approximate surface area is 226 Å². The first-order valence-electron chi connectivity index (χ1n) is 11.0. The Kier molecular flexibility index (Phi) is 7.92. The molecular formula is C24H21Cl5F2N2O2. The SMILES string of the molecule is O=C(CNC1CCC(F)(F)CC1)c1cc(NC(=O)C2C(c3cc(Cl)cc(Cl)c3)C2(Cl)Cl)ccc1Cl. The van der Waals surface area contributed by atoms with E-state index >= 15 is 0 Å². The number of halogens is 7. The Hall–Kier alpha value is -1.15. The fourth-order valence-electron chi connectivity index (χ4n) is 4.44. The van der Waals surface area contributed by atoms with Crippen LogP contribution in [0.4, 0.5) is 14.5 Å². The van der Waals surface area contributed by atoms with Crippen LogP contribution in [0.2, 0.25) is 15.1 Å². The first kappa shape index (κ1) is 26.9. The Bertz CT molecular complexity index is 1130. The van der Waals surface area contributed by atoms with Gasteiger partial charge in [-0.05, 0) is 54.8 Å². The number of alkyl halides is 4. The van der Waals surface area contributed by atoms with Crippen molar-refractivity contribution in [1.82, 2.24) is 5.32 Å². The summed E-state index contributed by atoms with van der Waals surface area (Å²) in [7, 11) is 0. The summed E-state index contributed by atoms with van der Waals surface area (Å²) in [5, 5.41) is 6.79. The zero-order chi connectivity index (χ0) is 25.5. The van der Waals surface area contributed by atoms with E-state index in [9.17, 15) is 18.4 Å². The number of hydrogen-bond donors (Lipinski definition) is 2. The van der Waals surface area contributed by atoms with Gasteiger partial charge in [0.25, 0.3) is 0 Å². The van der Waals surface area contributed by atoms with E-state index in [1.54, 1.807) is 24.3 Å². The van der Waals surface area contributed by atoms with E-state index in [1.165, 1.54) is 12.1 Å². The van der Waals surface area contributed by atoms with Crippen molar-refractivity contribution in [1.29, 1.82) is 0 Å². The summed E-state index contributed by atoms with van der Waals surface area (Å²) in [6.45, 7) is -0.0555. The fraction of sp³-hybridized carbons (Fsp3) is 0.417. The van der Waals surface area contributed by atoms with Crippen molar-refractivity contribution in [2.75, 3.05) is 11.9 Å². The van der Waals surface area contributed by atoms with Crippen molar-refractivity contribution in [2.45, 2.75) is 47.9 Å². The number of hydrogen-bond acceptors (Lipinski definition) is 3. The molecule has 11 heteroatoms. The average molecular weight is 585 g/mol. The lowest BCUT2D eigenvalue weighted by Crippen LogP contribution is -2.39. The molecule has 2 unspecified atom stereocenters. The Morgan fingerprint density at radius 2 is 1.60 bits per heavy atom. The van der Waals surface area contributed by atoms with E-state index in [-0.39, 0.29) is 41.8 Å². The van der Waals surface area contributed by atoms with Crippen molar-refractivity contribution in [3.63, 3.8) is 0 Å². The molecule has 2 atom stereocenters. The second-order valence-corrected chi connectivity index (χ2v) is 11.7. The number of amides is 1. The van der Waals surface area contributed by atoms with E-state index in [1.807, 2.05) is 0 Å². The number of ketones is 1. The lowest BCUT2D eigenvalue weighted by atomic mass is 9.92. The molecule has 0 spiro atoms. The van der Waals surface area contributed by atoms with Gasteiger partial charge >= 0.3 is 0 Å². The number of nitrogens with one attached hydrogen (secondary N) is 2. The van der Waals surface area contributed by atoms with Gasteiger partial charge < -0.3 is 10.6 Å². The Morgan fingerprint density at radius 1 is 0.971 bits per heavy atom. The van der Waals surface area contributed by atoms with Crippen molar-refractivity contribution in [3.05, 3.63) is 62.6 Å². The topological polar surface area (TPSA) is 58.2 Å². The Balaban J connectivity index is 1.40. The molecule has 0 aliphatic heterocycles. The summed E-state index contributed by atoms with van der Waals surface area (Å²) in [5.74, 6) is -4.66. The van der Waals surface area contributed by atoms with Crippen LogP contribution < -0.4 is 10.6 Å². The van der Waals surface area contributed by atoms with Crippen LogP contribution in [0.5, 0.6) is 0 Å². The number of carbonyl (C=O) groups is 2. The molecule has 2 saturated carbocycles. The first-order chi connectivity index (χ1) is 16.4. The largest absolute Gasteiger partial charge is 0.326 e. The van der Waals surface area contributed by atoms with Crippen LogP contribution in [-0.4, -0.2) is 34.5 Å². The molecule has 2 aromatic carbocycles. The van der Waals surface area contributed by atoms with Gasteiger partial charge in [-0.15, -0.1) is 23.2 Å². The molecule has 35 heavy (non-hydrogen) atoms. The second-order valence-electron chi connectivity index (χ2n) is 8.95. The third-order valence-electron chi connectivity index (χ3n) is 6.38. The number of carbonyl (C=O) groups excluding carboxylic acids is 2. The highest BCUT2D eigenvalue weighted by molar-refractivity contribution is 6.53. The van der Waals surface area contributed by atoms with Gasteiger partial charge in [0, 0.05) is 46.1 Å². The quantitative estimate of drug-likeness (QED) is 0.261. The predicted octanol–water partition coefficient (Wildman–Crippen LogP) is 7.52. The smallest absolute Gasteiger partial charge is 0.248 e. The zero-order valence-electron chi connectivity index (χ0n) is 18.2. The van der Waals surface area contributed by atoms with E-state index in [2.05, 4.69) is 10.6 Å². The van der Waals surface area contributed by atoms with Gasteiger partial charge in [0.1, 0.15) is 4.33 Å². The van der Waals surface area contributed by atoms with E-state index in [0.29, 0.717) is 34.1 Å². The monoisotopic (exact) mass is 582 g/mol. The minimum absolute atomic E-state index is 0.0555. The molecule has 2 fully saturated rings. The van der Waals surface area contributed by atoms with E-state index in [0.717, 1.165) is 0 Å². The van der Waals surface area contributed by atoms with Crippen LogP contribution in [0.3, 0.4) is 0 Å². The maximum atomic E-state index is 13.3. The highest BCUT2D eigenvalue weighted by atomic mass is 35.5. The molecule has 0 aromatic heterocycles. The summed E-state index contributed by atoms with van der Waals surface area (Å²) in [6.07, 6.45) is 0.187.